The first-order chi connectivity index (χ1) is 9.65. The molecule has 0 saturated heterocycles. The first-order valence-electron chi connectivity index (χ1n) is 7.66. The maximum Gasteiger partial charge on any atom is 0.00769 e. The van der Waals surface area contributed by atoms with Crippen LogP contribution in [0.5, 0.6) is 0 Å². The predicted molar refractivity (Wildman–Crippen MR) is 87.9 cm³/mol. The molecule has 0 aromatic heterocycles. The van der Waals surface area contributed by atoms with E-state index in [1.807, 2.05) is 0 Å². The Labute approximate surface area is 122 Å². The third-order valence-electron chi connectivity index (χ3n) is 4.09. The van der Waals surface area contributed by atoms with E-state index < -0.39 is 0 Å². The van der Waals surface area contributed by atoms with E-state index in [1.165, 1.54) is 21.9 Å². The summed E-state index contributed by atoms with van der Waals surface area (Å²) in [6.45, 7) is 4.29. The summed E-state index contributed by atoms with van der Waals surface area (Å²) in [7, 11) is 0. The normalized spacial score (nSPS) is 14.4. The number of nitrogens with two attached hydrogens (primary N) is 2. The fourth-order valence-electron chi connectivity index (χ4n) is 2.70. The Morgan fingerprint density at radius 3 is 1.65 bits per heavy atom. The van der Waals surface area contributed by atoms with Crippen LogP contribution in [0.2, 0.25) is 0 Å². The van der Waals surface area contributed by atoms with Crippen molar-refractivity contribution < 1.29 is 0 Å². The number of hydrogen-bond donors (Lipinski definition) is 2. The molecule has 0 saturated carbocycles. The number of rotatable bonds is 6. The quantitative estimate of drug-likeness (QED) is 0.845. The molecule has 2 heteroatoms. The Hall–Kier alpha value is -1.38. The first-order valence-corrected chi connectivity index (χ1v) is 7.66. The van der Waals surface area contributed by atoms with Gasteiger partial charge in [-0.3, -0.25) is 0 Å². The third-order valence-corrected chi connectivity index (χ3v) is 4.09. The van der Waals surface area contributed by atoms with Crippen LogP contribution >= 0.6 is 0 Å². The molecule has 2 aromatic rings. The van der Waals surface area contributed by atoms with Crippen LogP contribution in [0.25, 0.3) is 10.8 Å². The second kappa shape index (κ2) is 6.87. The van der Waals surface area contributed by atoms with Gasteiger partial charge in [0.2, 0.25) is 0 Å². The van der Waals surface area contributed by atoms with Gasteiger partial charge < -0.3 is 11.5 Å². The van der Waals surface area contributed by atoms with Gasteiger partial charge in [-0.1, -0.05) is 50.2 Å². The second-order valence-corrected chi connectivity index (χ2v) is 5.68. The lowest BCUT2D eigenvalue weighted by molar-refractivity contribution is 0.642. The van der Waals surface area contributed by atoms with E-state index in [2.05, 4.69) is 50.2 Å². The number of hydrogen-bond acceptors (Lipinski definition) is 2. The standard InChI is InChI=1S/C18H26N2/c1-3-16(19)11-14-9-5-7-13-8-6-10-15(18(13)14)12-17(20)4-2/h5-10,16-17H,3-4,11-12,19-20H2,1-2H3. The monoisotopic (exact) mass is 270 g/mol. The van der Waals surface area contributed by atoms with Crippen molar-refractivity contribution in [3.8, 4) is 0 Å². The molecule has 0 aliphatic carbocycles. The van der Waals surface area contributed by atoms with Gasteiger partial charge in [0.15, 0.2) is 0 Å². The molecule has 0 bridgehead atoms. The summed E-state index contributed by atoms with van der Waals surface area (Å²) in [6, 6.07) is 13.5. The molecular formula is C18H26N2. The van der Waals surface area contributed by atoms with Crippen LogP contribution in [-0.4, -0.2) is 12.1 Å². The van der Waals surface area contributed by atoms with Crippen LogP contribution < -0.4 is 11.5 Å². The van der Waals surface area contributed by atoms with Crippen LogP contribution in [0.1, 0.15) is 37.8 Å². The minimum Gasteiger partial charge on any atom is -0.327 e. The highest BCUT2D eigenvalue weighted by molar-refractivity contribution is 5.89. The van der Waals surface area contributed by atoms with Crippen molar-refractivity contribution in [2.45, 2.75) is 51.6 Å². The van der Waals surface area contributed by atoms with Gasteiger partial charge in [0, 0.05) is 12.1 Å². The summed E-state index contributed by atoms with van der Waals surface area (Å²) in [4.78, 5) is 0. The van der Waals surface area contributed by atoms with E-state index in [1.54, 1.807) is 0 Å². The molecule has 20 heavy (non-hydrogen) atoms. The van der Waals surface area contributed by atoms with Gasteiger partial charge in [-0.25, -0.2) is 0 Å². The molecule has 2 atom stereocenters. The van der Waals surface area contributed by atoms with E-state index in [-0.39, 0.29) is 12.1 Å². The molecule has 4 N–H and O–H groups in total. The van der Waals surface area contributed by atoms with E-state index in [0.29, 0.717) is 0 Å². The van der Waals surface area contributed by atoms with Crippen molar-refractivity contribution >= 4 is 10.8 Å². The highest BCUT2D eigenvalue weighted by Crippen LogP contribution is 2.25. The van der Waals surface area contributed by atoms with Crippen LogP contribution in [0.15, 0.2) is 36.4 Å². The fraction of sp³-hybridized carbons (Fsp3) is 0.444. The van der Waals surface area contributed by atoms with E-state index >= 15 is 0 Å². The third kappa shape index (κ3) is 3.38. The van der Waals surface area contributed by atoms with Crippen LogP contribution in [0, 0.1) is 0 Å². The van der Waals surface area contributed by atoms with Crippen molar-refractivity contribution in [2.75, 3.05) is 0 Å². The predicted octanol–water partition coefficient (Wildman–Crippen LogP) is 3.40. The van der Waals surface area contributed by atoms with Crippen molar-refractivity contribution in [2.24, 2.45) is 11.5 Å². The van der Waals surface area contributed by atoms with E-state index in [9.17, 15) is 0 Å². The van der Waals surface area contributed by atoms with Crippen LogP contribution in [-0.2, 0) is 12.8 Å². The van der Waals surface area contributed by atoms with Crippen molar-refractivity contribution in [3.63, 3.8) is 0 Å². The molecular weight excluding hydrogens is 244 g/mol. The Morgan fingerprint density at radius 2 is 1.25 bits per heavy atom. The van der Waals surface area contributed by atoms with Gasteiger partial charge in [0.1, 0.15) is 0 Å². The Balaban J connectivity index is 2.46. The summed E-state index contributed by atoms with van der Waals surface area (Å²) in [5.74, 6) is 0. The molecule has 0 heterocycles. The zero-order valence-electron chi connectivity index (χ0n) is 12.6. The zero-order valence-corrected chi connectivity index (χ0v) is 12.6. The van der Waals surface area contributed by atoms with Gasteiger partial charge in [-0.15, -0.1) is 0 Å². The van der Waals surface area contributed by atoms with Crippen molar-refractivity contribution in [1.82, 2.24) is 0 Å². The highest BCUT2D eigenvalue weighted by Gasteiger charge is 2.11. The lowest BCUT2D eigenvalue weighted by Crippen LogP contribution is -2.23. The summed E-state index contributed by atoms with van der Waals surface area (Å²) >= 11 is 0. The molecule has 108 valence electrons. The lowest BCUT2D eigenvalue weighted by Gasteiger charge is -2.16. The molecule has 0 fully saturated rings. The highest BCUT2D eigenvalue weighted by atomic mass is 14.6. The van der Waals surface area contributed by atoms with Crippen molar-refractivity contribution in [3.05, 3.63) is 47.5 Å². The topological polar surface area (TPSA) is 52.0 Å². The minimum atomic E-state index is 0.230. The van der Waals surface area contributed by atoms with E-state index in [0.717, 1.165) is 25.7 Å². The largest absolute Gasteiger partial charge is 0.327 e. The zero-order chi connectivity index (χ0) is 14.5. The average molecular weight is 270 g/mol. The minimum absolute atomic E-state index is 0.230. The van der Waals surface area contributed by atoms with Gasteiger partial charge in [0.05, 0.1) is 0 Å². The second-order valence-electron chi connectivity index (χ2n) is 5.68. The van der Waals surface area contributed by atoms with Gasteiger partial charge in [-0.2, -0.15) is 0 Å². The van der Waals surface area contributed by atoms with Crippen LogP contribution in [0.4, 0.5) is 0 Å². The molecule has 2 nitrogen and oxygen atoms in total. The van der Waals surface area contributed by atoms with E-state index in [4.69, 9.17) is 11.5 Å². The Kier molecular flexibility index (Phi) is 5.16. The van der Waals surface area contributed by atoms with Gasteiger partial charge in [-0.05, 0) is 47.6 Å². The Morgan fingerprint density at radius 1 is 0.800 bits per heavy atom. The molecule has 0 aliphatic heterocycles. The summed E-state index contributed by atoms with van der Waals surface area (Å²) < 4.78 is 0. The maximum absolute atomic E-state index is 6.15. The lowest BCUT2D eigenvalue weighted by atomic mass is 9.92. The van der Waals surface area contributed by atoms with Crippen LogP contribution in [0.3, 0.4) is 0 Å². The molecule has 2 aromatic carbocycles. The molecule has 2 rings (SSSR count). The average Bonchev–Trinajstić information content (AvgIpc) is 2.47. The maximum atomic E-state index is 6.15. The summed E-state index contributed by atoms with van der Waals surface area (Å²) in [5.41, 5.74) is 15.0. The Bertz CT molecular complexity index is 516. The molecule has 0 spiro atoms. The molecule has 0 aliphatic rings. The molecule has 0 radical (unpaired) electrons. The van der Waals surface area contributed by atoms with Gasteiger partial charge in [0.25, 0.3) is 0 Å². The first kappa shape index (κ1) is 15.0. The number of fused-ring (bicyclic) bond motifs is 1. The summed E-state index contributed by atoms with van der Waals surface area (Å²) in [5, 5.41) is 2.66. The molecule has 0 amide bonds. The molecule has 2 unspecified atom stereocenters. The van der Waals surface area contributed by atoms with Gasteiger partial charge >= 0.3 is 0 Å². The summed E-state index contributed by atoms with van der Waals surface area (Å²) in [6.07, 6.45) is 3.89. The number of benzene rings is 2. The SMILES string of the molecule is CCC(N)Cc1cccc2cccc(CC(N)CC)c12. The van der Waals surface area contributed by atoms with Crippen molar-refractivity contribution in [1.29, 1.82) is 0 Å². The fourth-order valence-corrected chi connectivity index (χ4v) is 2.70. The smallest absolute Gasteiger partial charge is 0.00769 e.